The molecule has 1 aromatic carbocycles. The van der Waals surface area contributed by atoms with Crippen LogP contribution in [0.15, 0.2) is 28.7 Å². The number of halogens is 1. The molecular formula is C21H24BrN3O2. The Morgan fingerprint density at radius 1 is 1.19 bits per heavy atom. The van der Waals surface area contributed by atoms with Crippen molar-refractivity contribution in [2.24, 2.45) is 0 Å². The highest BCUT2D eigenvalue weighted by atomic mass is 79.9. The van der Waals surface area contributed by atoms with Gasteiger partial charge in [0.15, 0.2) is 0 Å². The van der Waals surface area contributed by atoms with Crippen LogP contribution in [0, 0.1) is 23.7 Å². The zero-order valence-corrected chi connectivity index (χ0v) is 16.8. The van der Waals surface area contributed by atoms with Gasteiger partial charge in [0.25, 0.3) is 0 Å². The van der Waals surface area contributed by atoms with Gasteiger partial charge in [-0.1, -0.05) is 21.9 Å². The number of carbonyl (C=O) groups is 1. The van der Waals surface area contributed by atoms with E-state index in [2.05, 4.69) is 33.2 Å². The van der Waals surface area contributed by atoms with E-state index in [0.717, 1.165) is 35.9 Å². The van der Waals surface area contributed by atoms with E-state index in [1.807, 2.05) is 24.3 Å². The molecule has 6 heteroatoms. The van der Waals surface area contributed by atoms with E-state index in [1.165, 1.54) is 0 Å². The van der Waals surface area contributed by atoms with Gasteiger partial charge in [-0.3, -0.25) is 4.79 Å². The number of nitriles is 1. The molecule has 1 saturated carbocycles. The summed E-state index contributed by atoms with van der Waals surface area (Å²) in [6.07, 6.45) is 10.9. The number of likely N-dealkylation sites (tertiary alicyclic amines) is 1. The largest absolute Gasteiger partial charge is 0.490 e. The van der Waals surface area contributed by atoms with Gasteiger partial charge in [-0.15, -0.1) is 6.42 Å². The first-order valence-corrected chi connectivity index (χ1v) is 10.2. The van der Waals surface area contributed by atoms with Crippen molar-refractivity contribution < 1.29 is 9.53 Å². The fourth-order valence-corrected chi connectivity index (χ4v) is 4.13. The van der Waals surface area contributed by atoms with Gasteiger partial charge >= 0.3 is 0 Å². The summed E-state index contributed by atoms with van der Waals surface area (Å²) in [6, 6.07) is 9.74. The summed E-state index contributed by atoms with van der Waals surface area (Å²) in [5, 5.41) is 12.6. The summed E-state index contributed by atoms with van der Waals surface area (Å²) in [7, 11) is 0. The van der Waals surface area contributed by atoms with Gasteiger partial charge in [0.05, 0.1) is 24.8 Å². The fourth-order valence-electron chi connectivity index (χ4n) is 3.86. The molecular weight excluding hydrogens is 406 g/mol. The monoisotopic (exact) mass is 429 g/mol. The minimum atomic E-state index is -0.393. The molecule has 1 aliphatic heterocycles. The average Bonchev–Trinajstić information content (AvgIpc) is 3.12. The average molecular weight is 430 g/mol. The van der Waals surface area contributed by atoms with Crippen LogP contribution in [0.2, 0.25) is 0 Å². The molecule has 0 unspecified atom stereocenters. The van der Waals surface area contributed by atoms with Gasteiger partial charge in [0.2, 0.25) is 5.91 Å². The third-order valence-corrected chi connectivity index (χ3v) is 5.88. The van der Waals surface area contributed by atoms with E-state index in [4.69, 9.17) is 11.2 Å². The third-order valence-electron chi connectivity index (χ3n) is 5.35. The quantitative estimate of drug-likeness (QED) is 0.729. The van der Waals surface area contributed by atoms with Crippen molar-refractivity contribution in [1.82, 2.24) is 10.2 Å². The Balaban J connectivity index is 1.43. The SMILES string of the molecule is C#C[C@H]1CC[C@@H](C#N)N1C(=O)CNC1CCC(Oc2ccc(Br)cc2)CC1. The zero-order valence-electron chi connectivity index (χ0n) is 15.2. The van der Waals surface area contributed by atoms with Crippen LogP contribution in [0.25, 0.3) is 0 Å². The highest BCUT2D eigenvalue weighted by molar-refractivity contribution is 9.10. The summed E-state index contributed by atoms with van der Waals surface area (Å²) in [6.45, 7) is 0.235. The maximum atomic E-state index is 12.5. The van der Waals surface area contributed by atoms with Crippen molar-refractivity contribution in [2.45, 2.75) is 62.8 Å². The third kappa shape index (κ3) is 5.03. The lowest BCUT2D eigenvalue weighted by Gasteiger charge is -2.30. The van der Waals surface area contributed by atoms with E-state index in [-0.39, 0.29) is 24.6 Å². The molecule has 1 amide bonds. The molecule has 142 valence electrons. The van der Waals surface area contributed by atoms with Crippen molar-refractivity contribution >= 4 is 21.8 Å². The fraction of sp³-hybridized carbons (Fsp3) is 0.524. The van der Waals surface area contributed by atoms with Crippen LogP contribution in [-0.2, 0) is 4.79 Å². The van der Waals surface area contributed by atoms with Gasteiger partial charge in [-0.25, -0.2) is 0 Å². The van der Waals surface area contributed by atoms with Crippen LogP contribution in [0.1, 0.15) is 38.5 Å². The smallest absolute Gasteiger partial charge is 0.238 e. The Labute approximate surface area is 169 Å². The first kappa shape index (κ1) is 19.7. The number of hydrogen-bond donors (Lipinski definition) is 1. The molecule has 0 radical (unpaired) electrons. The maximum Gasteiger partial charge on any atom is 0.238 e. The molecule has 1 aromatic rings. The molecule has 27 heavy (non-hydrogen) atoms. The number of terminal acetylenes is 1. The summed E-state index contributed by atoms with van der Waals surface area (Å²) in [5.41, 5.74) is 0. The summed E-state index contributed by atoms with van der Waals surface area (Å²) in [5.74, 6) is 3.45. The lowest BCUT2D eigenvalue weighted by Crippen LogP contribution is -2.47. The Kier molecular flexibility index (Phi) is 6.77. The summed E-state index contributed by atoms with van der Waals surface area (Å²) >= 11 is 3.42. The zero-order chi connectivity index (χ0) is 19.2. The highest BCUT2D eigenvalue weighted by Gasteiger charge is 2.36. The number of benzene rings is 1. The molecule has 0 spiro atoms. The number of hydrogen-bond acceptors (Lipinski definition) is 4. The van der Waals surface area contributed by atoms with Gasteiger partial charge in [0, 0.05) is 10.5 Å². The minimum Gasteiger partial charge on any atom is -0.490 e. The topological polar surface area (TPSA) is 65.4 Å². The van der Waals surface area contributed by atoms with Crippen LogP contribution in [-0.4, -0.2) is 41.6 Å². The second-order valence-electron chi connectivity index (χ2n) is 7.13. The second kappa shape index (κ2) is 9.26. The standard InChI is InChI=1S/C21H24BrN3O2/c1-2-17-7-8-18(13-23)25(17)21(26)14-24-16-5-11-20(12-6-16)27-19-9-3-15(22)4-10-19/h1,3-4,9-10,16-18,20,24H,5-8,11-12,14H2/t16?,17-,18-,20?/m0/s1. The number of nitrogens with zero attached hydrogens (tertiary/aromatic N) is 2. The van der Waals surface area contributed by atoms with E-state index in [1.54, 1.807) is 4.90 Å². The van der Waals surface area contributed by atoms with Crippen LogP contribution in [0.5, 0.6) is 5.75 Å². The highest BCUT2D eigenvalue weighted by Crippen LogP contribution is 2.26. The van der Waals surface area contributed by atoms with Crippen molar-refractivity contribution in [2.75, 3.05) is 6.54 Å². The van der Waals surface area contributed by atoms with Crippen LogP contribution in [0.4, 0.5) is 0 Å². The molecule has 2 fully saturated rings. The number of ether oxygens (including phenoxy) is 1. The molecule has 1 N–H and O–H groups in total. The first-order chi connectivity index (χ1) is 13.1. The first-order valence-electron chi connectivity index (χ1n) is 9.43. The molecule has 5 nitrogen and oxygen atoms in total. The van der Waals surface area contributed by atoms with Gasteiger partial charge < -0.3 is 15.0 Å². The van der Waals surface area contributed by atoms with E-state index in [9.17, 15) is 10.1 Å². The molecule has 0 aromatic heterocycles. The summed E-state index contributed by atoms with van der Waals surface area (Å²) < 4.78 is 7.08. The number of nitrogens with one attached hydrogen (secondary N) is 1. The molecule has 1 saturated heterocycles. The predicted octanol–water partition coefficient (Wildman–Crippen LogP) is 3.25. The van der Waals surface area contributed by atoms with Crippen LogP contribution in [0.3, 0.4) is 0 Å². The predicted molar refractivity (Wildman–Crippen MR) is 107 cm³/mol. The Morgan fingerprint density at radius 3 is 2.48 bits per heavy atom. The molecule has 2 aliphatic rings. The maximum absolute atomic E-state index is 12.5. The number of carbonyl (C=O) groups excluding carboxylic acids is 1. The van der Waals surface area contributed by atoms with E-state index >= 15 is 0 Å². The normalized spacial score (nSPS) is 27.6. The van der Waals surface area contributed by atoms with Crippen molar-refractivity contribution in [3.63, 3.8) is 0 Å². The van der Waals surface area contributed by atoms with Crippen molar-refractivity contribution in [3.05, 3.63) is 28.7 Å². The van der Waals surface area contributed by atoms with Crippen molar-refractivity contribution in [1.29, 1.82) is 5.26 Å². The molecule has 0 bridgehead atoms. The number of amides is 1. The van der Waals surface area contributed by atoms with Gasteiger partial charge in [0.1, 0.15) is 11.8 Å². The lowest BCUT2D eigenvalue weighted by molar-refractivity contribution is -0.131. The second-order valence-corrected chi connectivity index (χ2v) is 8.05. The molecule has 2 atom stereocenters. The van der Waals surface area contributed by atoms with Crippen molar-refractivity contribution in [3.8, 4) is 24.2 Å². The van der Waals surface area contributed by atoms with Gasteiger partial charge in [-0.05, 0) is 62.8 Å². The molecule has 1 aliphatic carbocycles. The molecule has 1 heterocycles. The lowest BCUT2D eigenvalue weighted by atomic mass is 9.93. The van der Waals surface area contributed by atoms with Gasteiger partial charge in [-0.2, -0.15) is 5.26 Å². The van der Waals surface area contributed by atoms with E-state index in [0.29, 0.717) is 18.9 Å². The van der Waals surface area contributed by atoms with E-state index < -0.39 is 6.04 Å². The Hall–Kier alpha value is -2.02. The summed E-state index contributed by atoms with van der Waals surface area (Å²) in [4.78, 5) is 14.1. The van der Waals surface area contributed by atoms with Crippen LogP contribution >= 0.6 is 15.9 Å². The Morgan fingerprint density at radius 2 is 1.85 bits per heavy atom. The Bertz CT molecular complexity index is 707. The minimum absolute atomic E-state index is 0.0739. The number of rotatable bonds is 5. The molecule has 3 rings (SSSR count). The van der Waals surface area contributed by atoms with Crippen LogP contribution < -0.4 is 10.1 Å².